The molecular formula is C26H30N6O4S. The second-order valence-corrected chi connectivity index (χ2v) is 10.3. The Bertz CT molecular complexity index is 1450. The van der Waals surface area contributed by atoms with E-state index in [-0.39, 0.29) is 16.5 Å². The molecule has 0 saturated carbocycles. The van der Waals surface area contributed by atoms with Crippen LogP contribution >= 0.6 is 0 Å². The fraction of sp³-hybridized carbons (Fsp3) is 0.269. The van der Waals surface area contributed by atoms with Gasteiger partial charge in [0.25, 0.3) is 10.0 Å². The summed E-state index contributed by atoms with van der Waals surface area (Å²) in [6, 6.07) is 15.7. The molecule has 0 saturated heterocycles. The van der Waals surface area contributed by atoms with Crippen molar-refractivity contribution in [1.29, 1.82) is 0 Å². The van der Waals surface area contributed by atoms with Crippen LogP contribution in [0, 0.1) is 0 Å². The highest BCUT2D eigenvalue weighted by molar-refractivity contribution is 7.92. The second-order valence-electron chi connectivity index (χ2n) is 8.63. The van der Waals surface area contributed by atoms with Crippen molar-refractivity contribution in [3.63, 3.8) is 0 Å². The first kappa shape index (κ1) is 26.1. The lowest BCUT2D eigenvalue weighted by Crippen LogP contribution is -2.16. The molecule has 37 heavy (non-hydrogen) atoms. The number of fused-ring (bicyclic) bond motifs is 1. The van der Waals surface area contributed by atoms with Crippen LogP contribution in [0.1, 0.15) is 12.1 Å². The van der Waals surface area contributed by atoms with Crippen LogP contribution in [0.15, 0.2) is 65.7 Å². The number of aromatic nitrogens is 3. The monoisotopic (exact) mass is 522 g/mol. The van der Waals surface area contributed by atoms with Gasteiger partial charge in [0.1, 0.15) is 16.4 Å². The first-order valence-electron chi connectivity index (χ1n) is 11.7. The van der Waals surface area contributed by atoms with Crippen LogP contribution < -0.4 is 19.5 Å². The van der Waals surface area contributed by atoms with Gasteiger partial charge in [-0.3, -0.25) is 9.71 Å². The number of methoxy groups -OCH3 is 2. The largest absolute Gasteiger partial charge is 0.497 e. The molecule has 194 valence electrons. The van der Waals surface area contributed by atoms with Gasteiger partial charge >= 0.3 is 0 Å². The Morgan fingerprint density at radius 1 is 0.892 bits per heavy atom. The van der Waals surface area contributed by atoms with E-state index in [1.807, 2.05) is 26.2 Å². The Morgan fingerprint density at radius 2 is 1.54 bits per heavy atom. The molecular weight excluding hydrogens is 492 g/mol. The standard InChI is InChI=1S/C26H30N6O4S/c1-32(2)13-7-8-18-11-12-22(17-27-18)37(33,34)31-26-25(29-23-9-5-6-10-24(23)30-26)28-19-14-20(35-3)16-21(15-19)36-4/h5-6,9-12,14-17H,7-8,13H2,1-4H3,(H,28,29)(H,30,31). The number of hydrogen-bond acceptors (Lipinski definition) is 9. The first-order valence-corrected chi connectivity index (χ1v) is 13.1. The van der Waals surface area contributed by atoms with Crippen LogP contribution in [0.3, 0.4) is 0 Å². The molecule has 4 rings (SSSR count). The van der Waals surface area contributed by atoms with E-state index >= 15 is 0 Å². The van der Waals surface area contributed by atoms with Crippen molar-refractivity contribution in [3.05, 3.63) is 66.5 Å². The van der Waals surface area contributed by atoms with Gasteiger partial charge in [-0.2, -0.15) is 0 Å². The average molecular weight is 523 g/mol. The molecule has 2 aromatic heterocycles. The lowest BCUT2D eigenvalue weighted by Gasteiger charge is -2.15. The summed E-state index contributed by atoms with van der Waals surface area (Å²) in [5, 5.41) is 3.15. The van der Waals surface area contributed by atoms with Crippen LogP contribution in [0.5, 0.6) is 11.5 Å². The van der Waals surface area contributed by atoms with Gasteiger partial charge in [-0.05, 0) is 57.7 Å². The van der Waals surface area contributed by atoms with Gasteiger partial charge in [-0.1, -0.05) is 12.1 Å². The molecule has 10 nitrogen and oxygen atoms in total. The molecule has 0 spiro atoms. The molecule has 0 radical (unpaired) electrons. The highest BCUT2D eigenvalue weighted by Gasteiger charge is 2.20. The average Bonchev–Trinajstić information content (AvgIpc) is 2.88. The molecule has 0 atom stereocenters. The van der Waals surface area contributed by atoms with Crippen molar-refractivity contribution in [2.45, 2.75) is 17.7 Å². The second kappa shape index (κ2) is 11.4. The minimum absolute atomic E-state index is 0.0350. The summed E-state index contributed by atoms with van der Waals surface area (Å²) in [4.78, 5) is 15.6. The predicted molar refractivity (Wildman–Crippen MR) is 144 cm³/mol. The summed E-state index contributed by atoms with van der Waals surface area (Å²) in [7, 11) is 3.14. The van der Waals surface area contributed by atoms with Crippen molar-refractivity contribution in [2.75, 3.05) is 44.9 Å². The van der Waals surface area contributed by atoms with Crippen LogP contribution in [0.25, 0.3) is 11.0 Å². The highest BCUT2D eigenvalue weighted by atomic mass is 32.2. The molecule has 0 unspecified atom stereocenters. The molecule has 0 aliphatic rings. The number of anilines is 3. The molecule has 2 heterocycles. The van der Waals surface area contributed by atoms with Crippen molar-refractivity contribution in [1.82, 2.24) is 19.9 Å². The third kappa shape index (κ3) is 6.63. The molecule has 0 amide bonds. The lowest BCUT2D eigenvalue weighted by atomic mass is 10.2. The van der Waals surface area contributed by atoms with E-state index in [1.165, 1.54) is 6.20 Å². The summed E-state index contributed by atoms with van der Waals surface area (Å²) >= 11 is 0. The number of rotatable bonds is 11. The van der Waals surface area contributed by atoms with Crippen molar-refractivity contribution in [3.8, 4) is 11.5 Å². The zero-order chi connectivity index (χ0) is 26.4. The minimum atomic E-state index is -3.99. The lowest BCUT2D eigenvalue weighted by molar-refractivity contribution is 0.395. The maximum absolute atomic E-state index is 13.3. The normalized spacial score (nSPS) is 11.5. The molecule has 0 fully saturated rings. The Balaban J connectivity index is 1.64. The first-order chi connectivity index (χ1) is 17.8. The van der Waals surface area contributed by atoms with Gasteiger partial charge in [0.05, 0.1) is 25.3 Å². The molecule has 0 bridgehead atoms. The Kier molecular flexibility index (Phi) is 8.04. The zero-order valence-electron chi connectivity index (χ0n) is 21.2. The van der Waals surface area contributed by atoms with E-state index in [2.05, 4.69) is 29.9 Å². The third-order valence-corrected chi connectivity index (χ3v) is 6.89. The topological polar surface area (TPSA) is 119 Å². The van der Waals surface area contributed by atoms with E-state index in [0.717, 1.165) is 25.1 Å². The van der Waals surface area contributed by atoms with Crippen molar-refractivity contribution >= 4 is 38.4 Å². The van der Waals surface area contributed by atoms with Crippen LogP contribution in [-0.2, 0) is 16.4 Å². The number of hydrogen-bond donors (Lipinski definition) is 2. The molecule has 0 aliphatic heterocycles. The van der Waals surface area contributed by atoms with Crippen LogP contribution in [0.4, 0.5) is 17.3 Å². The van der Waals surface area contributed by atoms with E-state index in [4.69, 9.17) is 9.47 Å². The number of sulfonamides is 1. The number of benzene rings is 2. The maximum atomic E-state index is 13.3. The zero-order valence-corrected chi connectivity index (χ0v) is 22.0. The summed E-state index contributed by atoms with van der Waals surface area (Å²) in [6.07, 6.45) is 3.06. The van der Waals surface area contributed by atoms with Gasteiger partial charge in [0.2, 0.25) is 0 Å². The Morgan fingerprint density at radius 3 is 2.11 bits per heavy atom. The number of nitrogens with zero attached hydrogens (tertiary/aromatic N) is 4. The number of nitrogens with one attached hydrogen (secondary N) is 2. The third-order valence-electron chi connectivity index (χ3n) is 5.56. The molecule has 11 heteroatoms. The number of ether oxygens (including phenoxy) is 2. The van der Waals surface area contributed by atoms with Gasteiger partial charge in [0.15, 0.2) is 11.6 Å². The SMILES string of the molecule is COc1cc(Nc2nc3ccccc3nc2NS(=O)(=O)c2ccc(CCCN(C)C)nc2)cc(OC)c1. The molecule has 4 aromatic rings. The van der Waals surface area contributed by atoms with Crippen LogP contribution in [0.2, 0.25) is 0 Å². The van der Waals surface area contributed by atoms with Crippen molar-refractivity contribution in [2.24, 2.45) is 0 Å². The quantitative estimate of drug-likeness (QED) is 0.300. The van der Waals surface area contributed by atoms with Crippen molar-refractivity contribution < 1.29 is 17.9 Å². The predicted octanol–water partition coefficient (Wildman–Crippen LogP) is 4.08. The summed E-state index contributed by atoms with van der Waals surface area (Å²) in [6.45, 7) is 0.929. The summed E-state index contributed by atoms with van der Waals surface area (Å²) in [5.41, 5.74) is 2.57. The van der Waals surface area contributed by atoms with Gasteiger partial charge < -0.3 is 19.7 Å². The number of aryl methyl sites for hydroxylation is 1. The fourth-order valence-electron chi connectivity index (χ4n) is 3.66. The van der Waals surface area contributed by atoms with E-state index in [1.54, 1.807) is 56.7 Å². The highest BCUT2D eigenvalue weighted by Crippen LogP contribution is 2.31. The number of pyridine rings is 1. The smallest absolute Gasteiger partial charge is 0.264 e. The Labute approximate surface area is 216 Å². The molecule has 2 aromatic carbocycles. The van der Waals surface area contributed by atoms with Gasteiger partial charge in [-0.25, -0.2) is 18.4 Å². The molecule has 2 N–H and O–H groups in total. The van der Waals surface area contributed by atoms with Gasteiger partial charge in [-0.15, -0.1) is 0 Å². The molecule has 0 aliphatic carbocycles. The summed E-state index contributed by atoms with van der Waals surface area (Å²) < 4.78 is 39.8. The van der Waals surface area contributed by atoms with Gasteiger partial charge in [0, 0.05) is 35.8 Å². The van der Waals surface area contributed by atoms with E-state index < -0.39 is 10.0 Å². The van der Waals surface area contributed by atoms with Crippen LogP contribution in [-0.4, -0.2) is 63.1 Å². The number of para-hydroxylation sites is 2. The van der Waals surface area contributed by atoms with E-state index in [9.17, 15) is 8.42 Å². The fourth-order valence-corrected chi connectivity index (χ4v) is 4.61. The Hall–Kier alpha value is -3.96. The maximum Gasteiger partial charge on any atom is 0.264 e. The minimum Gasteiger partial charge on any atom is -0.497 e. The summed E-state index contributed by atoms with van der Waals surface area (Å²) in [5.74, 6) is 1.41. The van der Waals surface area contributed by atoms with E-state index in [0.29, 0.717) is 28.2 Å².